The van der Waals surface area contributed by atoms with Gasteiger partial charge in [-0.15, -0.1) is 0 Å². The molecule has 0 spiro atoms. The minimum Gasteiger partial charge on any atom is -0.456 e. The molecular weight excluding hydrogens is 1730 g/mol. The van der Waals surface area contributed by atoms with E-state index in [1.54, 1.807) is 0 Å². The van der Waals surface area contributed by atoms with Gasteiger partial charge < -0.3 is 22.4 Å². The number of hydrogen-bond donors (Lipinski definition) is 0. The molecule has 0 N–H and O–H groups in total. The van der Waals surface area contributed by atoms with Gasteiger partial charge in [0.05, 0.1) is 22.1 Å². The Bertz CT molecular complexity index is 9960. The summed E-state index contributed by atoms with van der Waals surface area (Å²) in [5.41, 5.74) is 40.1. The number of benzene rings is 21. The van der Waals surface area contributed by atoms with Gasteiger partial charge in [0.1, 0.15) is 33.5 Å². The molecule has 0 amide bonds. The molecule has 0 fully saturated rings. The summed E-state index contributed by atoms with van der Waals surface area (Å²) in [6, 6.07) is 98.3. The minimum atomic E-state index is -0.0680. The zero-order valence-electron chi connectivity index (χ0n) is 88.5. The van der Waals surface area contributed by atoms with Crippen LogP contribution in [0, 0.1) is 48.5 Å². The van der Waals surface area contributed by atoms with E-state index in [9.17, 15) is 0 Å². The van der Waals surface area contributed by atoms with Crippen LogP contribution in [0.15, 0.2) is 268 Å². The van der Waals surface area contributed by atoms with Crippen LogP contribution in [0.25, 0.3) is 240 Å². The maximum Gasteiger partial charge on any atom is 0.143 e. The molecule has 143 heavy (non-hydrogen) atoms. The van der Waals surface area contributed by atoms with E-state index >= 15 is 0 Å². The smallest absolute Gasteiger partial charge is 0.143 e. The number of aryl methyl sites for hydroxylation is 7. The van der Waals surface area contributed by atoms with E-state index in [1.807, 2.05) is 0 Å². The zero-order chi connectivity index (χ0) is 99.8. The second-order valence-electron chi connectivity index (χ2n) is 49.3. The van der Waals surface area contributed by atoms with Gasteiger partial charge in [0, 0.05) is 86.8 Å². The third-order valence-corrected chi connectivity index (χ3v) is 32.8. The van der Waals surface area contributed by atoms with Gasteiger partial charge in [0.25, 0.3) is 0 Å². The van der Waals surface area contributed by atoms with E-state index in [1.165, 1.54) is 296 Å². The molecule has 5 nitrogen and oxygen atoms in total. The Balaban J connectivity index is 0.000000113. The Morgan fingerprint density at radius 3 is 1.29 bits per heavy atom. The number of hydrogen-bond acceptors (Lipinski definition) is 3. The second kappa shape index (κ2) is 30.6. The third kappa shape index (κ3) is 13.5. The largest absolute Gasteiger partial charge is 0.456 e. The van der Waals surface area contributed by atoms with Gasteiger partial charge in [0.15, 0.2) is 0 Å². The van der Waals surface area contributed by atoms with Gasteiger partial charge in [-0.1, -0.05) is 272 Å². The first-order valence-corrected chi connectivity index (χ1v) is 52.0. The van der Waals surface area contributed by atoms with Gasteiger partial charge >= 0.3 is 0 Å². The Hall–Kier alpha value is -14.3. The van der Waals surface area contributed by atoms with Crippen molar-refractivity contribution in [2.45, 2.75) is 238 Å². The molecule has 1 aliphatic rings. The molecule has 21 aromatic carbocycles. The monoisotopic (exact) mass is 1860 g/mol. The van der Waals surface area contributed by atoms with Gasteiger partial charge in [-0.3, -0.25) is 0 Å². The summed E-state index contributed by atoms with van der Waals surface area (Å²) in [6.45, 7) is 64.1. The molecule has 5 heteroatoms. The van der Waals surface area contributed by atoms with E-state index in [4.69, 9.17) is 13.3 Å². The summed E-state index contributed by atoms with van der Waals surface area (Å²) in [4.78, 5) is 0. The first-order chi connectivity index (χ1) is 67.8. The van der Waals surface area contributed by atoms with E-state index < -0.39 is 0 Å². The fourth-order valence-electron chi connectivity index (χ4n) is 26.0. The quantitative estimate of drug-likeness (QED) is 0.161. The number of aromatic nitrogens is 2. The first-order valence-electron chi connectivity index (χ1n) is 52.0. The Morgan fingerprint density at radius 2 is 0.685 bits per heavy atom. The lowest BCUT2D eigenvalue weighted by Crippen LogP contribution is -2.16. The highest BCUT2D eigenvalue weighted by Crippen LogP contribution is 2.59. The molecule has 26 aromatic rings. The van der Waals surface area contributed by atoms with Crippen molar-refractivity contribution in [2.75, 3.05) is 0 Å². The number of fused-ring (bicyclic) bond motifs is 24. The Kier molecular flexibility index (Phi) is 19.3. The molecule has 0 unspecified atom stereocenters. The lowest BCUT2D eigenvalue weighted by Gasteiger charge is -2.27. The highest BCUT2D eigenvalue weighted by Gasteiger charge is 2.40. The lowest BCUT2D eigenvalue weighted by atomic mass is 9.76. The molecule has 0 saturated heterocycles. The summed E-state index contributed by atoms with van der Waals surface area (Å²) in [5.74, 6) is 0.781. The summed E-state index contributed by atoms with van der Waals surface area (Å²) in [6.07, 6.45) is 0. The third-order valence-electron chi connectivity index (χ3n) is 32.8. The molecule has 0 atom stereocenters. The van der Waals surface area contributed by atoms with Crippen LogP contribution in [-0.2, 0) is 32.5 Å². The minimum absolute atomic E-state index is 0.0341. The summed E-state index contributed by atoms with van der Waals surface area (Å²) in [5, 5.41) is 36.1. The predicted molar refractivity (Wildman–Crippen MR) is 619 cm³/mol. The van der Waals surface area contributed by atoms with Crippen LogP contribution < -0.4 is 0 Å². The van der Waals surface area contributed by atoms with E-state index in [-0.39, 0.29) is 32.5 Å². The standard InChI is InChI=1S/C52H48N2.C45H40O2.C41H40O/c1-29-19-30(2)22-37(21-29)53-45-18-14-36(52(8,9)10)28-43(45)49-39-15-11-33-25-42-41-27-35(51(5,6)7)13-17-44(41)54(38-23-31(3)20-32(4)24-38)50(42)40-16-12-34(26-46(49)53)47(39)48(33)40;1-23-16-24(2)39(25(3)17-23)31-21-35-40-26(18-33-30-19-27(44(4,5)6)11-14-36(30)47-43(33)35)10-13-29-41-34-20-28(45(7,8)9)12-15-37(34)46-38(41)22-32(31)42(29)40;1-21(2)26-17-31-36-25-15-14-23(40(5,6)7)16-34(25)42-35(36)20-29-27(22(3)4)18-32-38(37(29)31)28(26)19-30-24-12-10-11-13-33(24)41(8,9)39(30)32/h11-28H,1-10H3;10-22H,1-9H3;10-22H,1-9H3. The van der Waals surface area contributed by atoms with Crippen molar-refractivity contribution >= 4 is 206 Å². The number of nitrogens with zero attached hydrogens (tertiary/aromatic N) is 2. The highest BCUT2D eigenvalue weighted by atomic mass is 16.3. The normalized spacial score (nSPS) is 13.6. The molecular formula is C138H128N2O3. The molecule has 0 saturated carbocycles. The van der Waals surface area contributed by atoms with Crippen LogP contribution in [0.2, 0.25) is 0 Å². The van der Waals surface area contributed by atoms with E-state index in [0.717, 1.165) is 33.5 Å². The van der Waals surface area contributed by atoms with E-state index in [2.05, 4.69) is 458 Å². The van der Waals surface area contributed by atoms with Gasteiger partial charge in [-0.05, 0) is 407 Å². The molecule has 27 rings (SSSR count). The number of rotatable bonds is 5. The molecule has 5 aromatic heterocycles. The average molecular weight is 1860 g/mol. The Morgan fingerprint density at radius 1 is 0.252 bits per heavy atom. The fraction of sp³-hybridized carbons (Fsp3) is 0.261. The molecule has 0 aliphatic heterocycles. The van der Waals surface area contributed by atoms with Crippen molar-refractivity contribution in [3.8, 4) is 33.6 Å². The fourth-order valence-corrected chi connectivity index (χ4v) is 26.0. The van der Waals surface area contributed by atoms with Crippen molar-refractivity contribution in [1.82, 2.24) is 9.13 Å². The lowest BCUT2D eigenvalue weighted by molar-refractivity contribution is 0.587. The second-order valence-corrected chi connectivity index (χ2v) is 49.3. The summed E-state index contributed by atoms with van der Waals surface area (Å²) >= 11 is 0. The van der Waals surface area contributed by atoms with Gasteiger partial charge in [-0.25, -0.2) is 0 Å². The van der Waals surface area contributed by atoms with Crippen molar-refractivity contribution in [3.63, 3.8) is 0 Å². The Labute approximate surface area is 838 Å². The molecule has 1 aliphatic carbocycles. The topological polar surface area (TPSA) is 49.3 Å². The van der Waals surface area contributed by atoms with Crippen molar-refractivity contribution < 1.29 is 13.3 Å². The van der Waals surface area contributed by atoms with Crippen molar-refractivity contribution in [2.24, 2.45) is 0 Å². The maximum atomic E-state index is 6.83. The average Bonchev–Trinajstić information content (AvgIpc) is 1.68. The maximum absolute atomic E-state index is 6.83. The molecule has 5 heterocycles. The molecule has 0 radical (unpaired) electrons. The van der Waals surface area contributed by atoms with Gasteiger partial charge in [-0.2, -0.15) is 0 Å². The number of furan rings is 3. The zero-order valence-corrected chi connectivity index (χ0v) is 88.5. The van der Waals surface area contributed by atoms with Crippen LogP contribution in [0.5, 0.6) is 0 Å². The van der Waals surface area contributed by atoms with Crippen molar-refractivity contribution in [1.29, 1.82) is 0 Å². The highest BCUT2D eigenvalue weighted by molar-refractivity contribution is 6.41. The summed E-state index contributed by atoms with van der Waals surface area (Å²) < 4.78 is 25.3. The summed E-state index contributed by atoms with van der Waals surface area (Å²) in [7, 11) is 0. The van der Waals surface area contributed by atoms with Gasteiger partial charge in [0.2, 0.25) is 0 Å². The van der Waals surface area contributed by atoms with Crippen LogP contribution in [0.3, 0.4) is 0 Å². The van der Waals surface area contributed by atoms with Crippen LogP contribution >= 0.6 is 0 Å². The first kappa shape index (κ1) is 90.0. The predicted octanol–water partition coefficient (Wildman–Crippen LogP) is 40.5. The van der Waals surface area contributed by atoms with Crippen LogP contribution in [-0.4, -0.2) is 9.13 Å². The molecule has 0 bridgehead atoms. The molecule has 708 valence electrons. The van der Waals surface area contributed by atoms with Crippen LogP contribution in [0.4, 0.5) is 0 Å². The van der Waals surface area contributed by atoms with Crippen LogP contribution in [0.1, 0.15) is 246 Å². The van der Waals surface area contributed by atoms with E-state index in [0.29, 0.717) is 11.8 Å². The SMILES string of the molecule is CC(C)c1cc2c3c(cc4c(C(C)C)cc5c6c(cc1c5c42)-c1ccccc1C6(C)C)oc1cc(C(C)(C)C)ccc13.Cc1cc(C)c(-c2cc3c4oc5ccc(C(C)(C)C)cc5c4cc4ccc5c6c(cc2c5c43)oc2ccc(C(C)(C)C)cc26)c(C)c1.Cc1cc(C)cc(-n2c3ccc(C(C)(C)C)cc3c3c4ccc5cc6c7cc(C(C)(C)C)ccc7n(-c7cc(C)cc(C)c7)c6c6ccc(cc32)c4c56)c1. The van der Waals surface area contributed by atoms with Crippen molar-refractivity contribution in [3.05, 3.63) is 344 Å².